The molecular formula is C9H12NO. The third-order valence-electron chi connectivity index (χ3n) is 1.61. The molecule has 1 aromatic heterocycles. The average Bonchev–Trinajstić information content (AvgIpc) is 1.86. The first-order chi connectivity index (χ1) is 5.02. The molecule has 59 valence electrons. The van der Waals surface area contributed by atoms with Crippen LogP contribution in [0.15, 0.2) is 12.3 Å². The van der Waals surface area contributed by atoms with Crippen LogP contribution in [0.25, 0.3) is 0 Å². The van der Waals surface area contributed by atoms with Crippen molar-refractivity contribution in [3.05, 3.63) is 29.6 Å². The molecule has 0 aromatic carbocycles. The molecule has 0 aliphatic rings. The normalized spacial score (nSPS) is 11.6. The van der Waals surface area contributed by atoms with Crippen LogP contribution < -0.4 is 0 Å². The molecule has 1 heterocycles. The predicted molar refractivity (Wildman–Crippen MR) is 43.1 cm³/mol. The maximum Gasteiger partial charge on any atom is 0.0921 e. The molecule has 0 spiro atoms. The van der Waals surface area contributed by atoms with Crippen LogP contribution in [0.2, 0.25) is 0 Å². The summed E-state index contributed by atoms with van der Waals surface area (Å²) in [5, 5.41) is 9.62. The Hall–Kier alpha value is -0.890. The predicted octanol–water partition coefficient (Wildman–Crippen LogP) is 1.42. The van der Waals surface area contributed by atoms with Crippen molar-refractivity contribution in [2.24, 2.45) is 0 Å². The van der Waals surface area contributed by atoms with Gasteiger partial charge in [0.1, 0.15) is 0 Å². The van der Waals surface area contributed by atoms with Gasteiger partial charge in [0, 0.05) is 6.20 Å². The minimum Gasteiger partial charge on any atom is -0.386 e. The van der Waals surface area contributed by atoms with Crippen LogP contribution in [-0.4, -0.2) is 10.1 Å². The highest BCUT2D eigenvalue weighted by Crippen LogP contribution is 2.21. The molecule has 1 aromatic rings. The largest absolute Gasteiger partial charge is 0.386 e. The molecule has 1 rings (SSSR count). The molecule has 0 aliphatic heterocycles. The second kappa shape index (κ2) is 2.62. The van der Waals surface area contributed by atoms with Crippen molar-refractivity contribution in [3.8, 4) is 0 Å². The number of aliphatic hydroxyl groups is 1. The van der Waals surface area contributed by atoms with Gasteiger partial charge < -0.3 is 5.11 Å². The number of aryl methyl sites for hydroxylation is 1. The molecule has 11 heavy (non-hydrogen) atoms. The minimum atomic E-state index is -0.788. The van der Waals surface area contributed by atoms with Crippen LogP contribution in [0.1, 0.15) is 25.0 Å². The highest BCUT2D eigenvalue weighted by atomic mass is 16.3. The molecule has 0 bridgehead atoms. The van der Waals surface area contributed by atoms with Crippen molar-refractivity contribution in [1.29, 1.82) is 0 Å². The van der Waals surface area contributed by atoms with Crippen molar-refractivity contribution in [1.82, 2.24) is 4.98 Å². The standard InChI is InChI=1S/C9H12NO/c1-7-6-10-5-4-8(7)9(2,3)11/h4-5,11H,1-3H3. The number of rotatable bonds is 1. The number of aromatic nitrogens is 1. The zero-order valence-electron chi connectivity index (χ0n) is 7.05. The summed E-state index contributed by atoms with van der Waals surface area (Å²) in [4.78, 5) is 3.82. The first kappa shape index (κ1) is 8.21. The average molecular weight is 150 g/mol. The van der Waals surface area contributed by atoms with E-state index < -0.39 is 5.60 Å². The summed E-state index contributed by atoms with van der Waals surface area (Å²) in [5.41, 5.74) is 0.997. The fourth-order valence-corrected chi connectivity index (χ4v) is 1.09. The van der Waals surface area contributed by atoms with Crippen LogP contribution in [0.5, 0.6) is 0 Å². The Morgan fingerprint density at radius 1 is 1.55 bits per heavy atom. The first-order valence-electron chi connectivity index (χ1n) is 3.58. The molecule has 0 unspecified atom stereocenters. The third-order valence-corrected chi connectivity index (χ3v) is 1.61. The van der Waals surface area contributed by atoms with Gasteiger partial charge in [0.15, 0.2) is 0 Å². The van der Waals surface area contributed by atoms with E-state index >= 15 is 0 Å². The van der Waals surface area contributed by atoms with Crippen molar-refractivity contribution in [3.63, 3.8) is 0 Å². The van der Waals surface area contributed by atoms with Crippen molar-refractivity contribution in [2.75, 3.05) is 0 Å². The molecule has 0 fully saturated rings. The molecule has 0 aliphatic carbocycles. The fraction of sp³-hybridized carbons (Fsp3) is 0.444. The highest BCUT2D eigenvalue weighted by molar-refractivity contribution is 5.25. The number of hydrogen-bond donors (Lipinski definition) is 1. The molecule has 1 N–H and O–H groups in total. The summed E-state index contributed by atoms with van der Waals surface area (Å²) >= 11 is 0. The van der Waals surface area contributed by atoms with Gasteiger partial charge >= 0.3 is 0 Å². The van der Waals surface area contributed by atoms with Gasteiger partial charge in [-0.25, -0.2) is 0 Å². The Bertz CT molecular complexity index is 250. The Morgan fingerprint density at radius 2 is 2.18 bits per heavy atom. The van der Waals surface area contributed by atoms with Gasteiger partial charge in [0.05, 0.1) is 11.8 Å². The number of hydrogen-bond acceptors (Lipinski definition) is 2. The number of pyridine rings is 1. The lowest BCUT2D eigenvalue weighted by Gasteiger charge is -2.19. The summed E-state index contributed by atoms with van der Waals surface area (Å²) in [6.45, 7) is 5.40. The van der Waals surface area contributed by atoms with Crippen LogP contribution in [0.4, 0.5) is 0 Å². The molecule has 0 saturated carbocycles. The van der Waals surface area contributed by atoms with E-state index in [1.807, 2.05) is 13.0 Å². The second-order valence-corrected chi connectivity index (χ2v) is 3.15. The van der Waals surface area contributed by atoms with Crippen LogP contribution in [0, 0.1) is 13.1 Å². The van der Waals surface area contributed by atoms with Gasteiger partial charge in [-0.05, 0) is 38.0 Å². The summed E-state index contributed by atoms with van der Waals surface area (Å²) in [6.07, 6.45) is 4.44. The molecule has 0 saturated heterocycles. The van der Waals surface area contributed by atoms with E-state index in [0.717, 1.165) is 11.1 Å². The van der Waals surface area contributed by atoms with Crippen LogP contribution in [-0.2, 0) is 5.60 Å². The summed E-state index contributed by atoms with van der Waals surface area (Å²) < 4.78 is 0. The summed E-state index contributed by atoms with van der Waals surface area (Å²) in [5.74, 6) is 0. The van der Waals surface area contributed by atoms with Crippen molar-refractivity contribution < 1.29 is 5.11 Å². The van der Waals surface area contributed by atoms with Gasteiger partial charge in [0.2, 0.25) is 0 Å². The van der Waals surface area contributed by atoms with E-state index in [0.29, 0.717) is 0 Å². The van der Waals surface area contributed by atoms with E-state index in [9.17, 15) is 5.11 Å². The van der Waals surface area contributed by atoms with Gasteiger partial charge in [0.25, 0.3) is 0 Å². The molecule has 2 heteroatoms. The van der Waals surface area contributed by atoms with E-state index in [1.54, 1.807) is 20.0 Å². The molecule has 0 atom stereocenters. The fourth-order valence-electron chi connectivity index (χ4n) is 1.09. The van der Waals surface area contributed by atoms with Gasteiger partial charge in [-0.3, -0.25) is 4.98 Å². The molecule has 1 radical (unpaired) electrons. The lowest BCUT2D eigenvalue weighted by atomic mass is 9.96. The van der Waals surface area contributed by atoms with E-state index in [2.05, 4.69) is 11.2 Å². The maximum atomic E-state index is 9.62. The SMILES string of the molecule is Cc1[c]nccc1C(C)(C)O. The molecule has 2 nitrogen and oxygen atoms in total. The zero-order valence-corrected chi connectivity index (χ0v) is 7.05. The second-order valence-electron chi connectivity index (χ2n) is 3.15. The highest BCUT2D eigenvalue weighted by Gasteiger charge is 2.17. The van der Waals surface area contributed by atoms with E-state index in [-0.39, 0.29) is 0 Å². The Labute approximate surface area is 66.9 Å². The lowest BCUT2D eigenvalue weighted by Crippen LogP contribution is -2.17. The zero-order chi connectivity index (χ0) is 8.48. The van der Waals surface area contributed by atoms with Gasteiger partial charge in [-0.2, -0.15) is 0 Å². The minimum absolute atomic E-state index is 0.788. The van der Waals surface area contributed by atoms with Crippen molar-refractivity contribution in [2.45, 2.75) is 26.4 Å². The smallest absolute Gasteiger partial charge is 0.0921 e. The number of nitrogens with zero attached hydrogens (tertiary/aromatic N) is 1. The Kier molecular flexibility index (Phi) is 1.96. The van der Waals surface area contributed by atoms with E-state index in [1.165, 1.54) is 0 Å². The monoisotopic (exact) mass is 150 g/mol. The summed E-state index contributed by atoms with van der Waals surface area (Å²) in [7, 11) is 0. The lowest BCUT2D eigenvalue weighted by molar-refractivity contribution is 0.0778. The Morgan fingerprint density at radius 3 is 2.55 bits per heavy atom. The molecular weight excluding hydrogens is 138 g/mol. The van der Waals surface area contributed by atoms with Crippen molar-refractivity contribution >= 4 is 0 Å². The third kappa shape index (κ3) is 1.77. The van der Waals surface area contributed by atoms with Crippen LogP contribution in [0.3, 0.4) is 0 Å². The first-order valence-corrected chi connectivity index (χ1v) is 3.58. The quantitative estimate of drug-likeness (QED) is 0.656. The summed E-state index contributed by atoms with van der Waals surface area (Å²) in [6, 6.07) is 1.81. The van der Waals surface area contributed by atoms with Gasteiger partial charge in [-0.1, -0.05) is 0 Å². The Balaban J connectivity index is 3.14. The topological polar surface area (TPSA) is 33.1 Å². The van der Waals surface area contributed by atoms with Gasteiger partial charge in [-0.15, -0.1) is 0 Å². The van der Waals surface area contributed by atoms with Crippen LogP contribution >= 0.6 is 0 Å². The maximum absolute atomic E-state index is 9.62. The van der Waals surface area contributed by atoms with E-state index in [4.69, 9.17) is 0 Å². The molecule has 0 amide bonds.